The second kappa shape index (κ2) is 8.31. The third-order valence-electron chi connectivity index (χ3n) is 4.17. The van der Waals surface area contributed by atoms with Crippen LogP contribution in [-0.2, 0) is 11.4 Å². The Morgan fingerprint density at radius 2 is 2.00 bits per heavy atom. The van der Waals surface area contributed by atoms with Crippen molar-refractivity contribution in [3.63, 3.8) is 0 Å². The Bertz CT molecular complexity index is 961. The highest BCUT2D eigenvalue weighted by Crippen LogP contribution is 2.37. The Hall–Kier alpha value is -3.06. The number of urea groups is 1. The monoisotopic (exact) mass is 404 g/mol. The van der Waals surface area contributed by atoms with Crippen LogP contribution >= 0.6 is 11.6 Å². The standard InChI is InChI=1S/C20H18ClFN2O4/c1-3-24-19(25)16(23-20(24)26)9-12-8-14(21)18(17(10-12)27-2)28-11-13-6-4-5-7-15(13)22/h4-10H,3,11H2,1-2H3,(H,23,26)/b16-9+. The molecule has 0 spiro atoms. The zero-order chi connectivity index (χ0) is 20.3. The molecule has 28 heavy (non-hydrogen) atoms. The van der Waals surface area contributed by atoms with Crippen LogP contribution in [0.15, 0.2) is 42.1 Å². The van der Waals surface area contributed by atoms with Gasteiger partial charge in [-0.15, -0.1) is 0 Å². The number of carbonyl (C=O) groups excluding carboxylic acids is 2. The maximum Gasteiger partial charge on any atom is 0.328 e. The molecule has 3 amide bonds. The molecule has 8 heteroatoms. The molecule has 1 saturated heterocycles. The van der Waals surface area contributed by atoms with Gasteiger partial charge in [-0.1, -0.05) is 29.8 Å². The molecule has 1 N–H and O–H groups in total. The van der Waals surface area contributed by atoms with Crippen molar-refractivity contribution >= 4 is 29.6 Å². The number of amides is 3. The molecule has 146 valence electrons. The maximum absolute atomic E-state index is 13.8. The molecule has 3 rings (SSSR count). The number of hydrogen-bond donors (Lipinski definition) is 1. The molecule has 0 saturated carbocycles. The molecule has 1 fully saturated rings. The molecule has 0 unspecified atom stereocenters. The first-order valence-electron chi connectivity index (χ1n) is 8.52. The van der Waals surface area contributed by atoms with Gasteiger partial charge >= 0.3 is 6.03 Å². The van der Waals surface area contributed by atoms with Crippen molar-refractivity contribution in [1.29, 1.82) is 0 Å². The van der Waals surface area contributed by atoms with Crippen molar-refractivity contribution in [1.82, 2.24) is 10.2 Å². The van der Waals surface area contributed by atoms with E-state index in [1.807, 2.05) is 0 Å². The highest BCUT2D eigenvalue weighted by molar-refractivity contribution is 6.32. The first-order chi connectivity index (χ1) is 13.4. The van der Waals surface area contributed by atoms with Gasteiger partial charge in [0.1, 0.15) is 18.1 Å². The summed E-state index contributed by atoms with van der Waals surface area (Å²) in [5.74, 6) is -0.219. The van der Waals surface area contributed by atoms with Gasteiger partial charge in [0.05, 0.1) is 12.1 Å². The minimum atomic E-state index is -0.471. The summed E-state index contributed by atoms with van der Waals surface area (Å²) in [6.45, 7) is 1.96. The average Bonchev–Trinajstić information content (AvgIpc) is 2.94. The van der Waals surface area contributed by atoms with Gasteiger partial charge in [0.15, 0.2) is 11.5 Å². The average molecular weight is 405 g/mol. The number of likely N-dealkylation sites (N-methyl/N-ethyl adjacent to an activating group) is 1. The number of ether oxygens (including phenoxy) is 2. The summed E-state index contributed by atoms with van der Waals surface area (Å²) in [6, 6.07) is 8.98. The van der Waals surface area contributed by atoms with Crippen LogP contribution < -0.4 is 14.8 Å². The molecule has 1 aliphatic rings. The quantitative estimate of drug-likeness (QED) is 0.584. The van der Waals surface area contributed by atoms with E-state index in [0.717, 1.165) is 4.90 Å². The van der Waals surface area contributed by atoms with Crippen LogP contribution in [0.4, 0.5) is 9.18 Å². The van der Waals surface area contributed by atoms with Gasteiger partial charge in [-0.05, 0) is 36.8 Å². The number of halogens is 2. The molecule has 0 bridgehead atoms. The van der Waals surface area contributed by atoms with Crippen molar-refractivity contribution in [3.8, 4) is 11.5 Å². The molecule has 1 heterocycles. The van der Waals surface area contributed by atoms with E-state index in [-0.39, 0.29) is 35.4 Å². The zero-order valence-corrected chi connectivity index (χ0v) is 16.0. The Labute approximate surface area is 166 Å². The lowest BCUT2D eigenvalue weighted by Crippen LogP contribution is -2.30. The fourth-order valence-electron chi connectivity index (χ4n) is 2.75. The number of methoxy groups -OCH3 is 1. The molecule has 0 radical (unpaired) electrons. The molecule has 0 aromatic heterocycles. The normalized spacial score (nSPS) is 15.1. The van der Waals surface area contributed by atoms with Gasteiger partial charge in [-0.3, -0.25) is 9.69 Å². The summed E-state index contributed by atoms with van der Waals surface area (Å²) in [4.78, 5) is 25.1. The van der Waals surface area contributed by atoms with E-state index in [1.165, 1.54) is 19.3 Å². The van der Waals surface area contributed by atoms with E-state index in [1.54, 1.807) is 37.3 Å². The molecule has 2 aromatic carbocycles. The number of benzene rings is 2. The molecule has 2 aromatic rings. The third kappa shape index (κ3) is 3.94. The predicted molar refractivity (Wildman–Crippen MR) is 103 cm³/mol. The van der Waals surface area contributed by atoms with Gasteiger partial charge in [0.25, 0.3) is 5.91 Å². The first kappa shape index (κ1) is 19.7. The maximum atomic E-state index is 13.8. The summed E-state index contributed by atoms with van der Waals surface area (Å²) in [7, 11) is 1.44. The number of nitrogens with zero attached hydrogens (tertiary/aromatic N) is 1. The van der Waals surface area contributed by atoms with Crippen LogP contribution in [0.25, 0.3) is 6.08 Å². The van der Waals surface area contributed by atoms with E-state index in [9.17, 15) is 14.0 Å². The molecule has 6 nitrogen and oxygen atoms in total. The van der Waals surface area contributed by atoms with Crippen molar-refractivity contribution in [2.24, 2.45) is 0 Å². The van der Waals surface area contributed by atoms with Gasteiger partial charge in [0, 0.05) is 12.1 Å². The van der Waals surface area contributed by atoms with Crippen molar-refractivity contribution in [3.05, 3.63) is 64.1 Å². The predicted octanol–water partition coefficient (Wildman–Crippen LogP) is 3.98. The fourth-order valence-corrected chi connectivity index (χ4v) is 3.03. The molecular weight excluding hydrogens is 387 g/mol. The van der Waals surface area contributed by atoms with Crippen LogP contribution in [0.5, 0.6) is 11.5 Å². The largest absolute Gasteiger partial charge is 0.493 e. The first-order valence-corrected chi connectivity index (χ1v) is 8.90. The van der Waals surface area contributed by atoms with Crippen molar-refractivity contribution < 1.29 is 23.5 Å². The van der Waals surface area contributed by atoms with Crippen LogP contribution in [0.2, 0.25) is 5.02 Å². The Morgan fingerprint density at radius 3 is 2.64 bits per heavy atom. The number of hydrogen-bond acceptors (Lipinski definition) is 4. The second-order valence-electron chi connectivity index (χ2n) is 5.95. The fraction of sp³-hybridized carbons (Fsp3) is 0.200. The lowest BCUT2D eigenvalue weighted by molar-refractivity contribution is -0.122. The van der Waals surface area contributed by atoms with Gasteiger partial charge in [-0.2, -0.15) is 0 Å². The highest BCUT2D eigenvalue weighted by Gasteiger charge is 2.32. The summed E-state index contributed by atoms with van der Waals surface area (Å²) < 4.78 is 24.8. The lowest BCUT2D eigenvalue weighted by atomic mass is 10.1. The number of rotatable bonds is 6. The summed E-state index contributed by atoms with van der Waals surface area (Å²) >= 11 is 6.32. The van der Waals surface area contributed by atoms with E-state index in [0.29, 0.717) is 16.9 Å². The summed E-state index contributed by atoms with van der Waals surface area (Å²) in [6.07, 6.45) is 1.50. The van der Waals surface area contributed by atoms with Crippen LogP contribution in [0.1, 0.15) is 18.1 Å². The summed E-state index contributed by atoms with van der Waals surface area (Å²) in [5.41, 5.74) is 1.07. The molecule has 0 atom stereocenters. The van der Waals surface area contributed by atoms with Gasteiger partial charge in [-0.25, -0.2) is 9.18 Å². The minimum absolute atomic E-state index is 0.0246. The molecule has 1 aliphatic heterocycles. The van der Waals surface area contributed by atoms with E-state index in [2.05, 4.69) is 5.32 Å². The Kier molecular flexibility index (Phi) is 5.84. The third-order valence-corrected chi connectivity index (χ3v) is 4.45. The molecular formula is C20H18ClFN2O4. The van der Waals surface area contributed by atoms with Crippen molar-refractivity contribution in [2.75, 3.05) is 13.7 Å². The minimum Gasteiger partial charge on any atom is -0.493 e. The van der Waals surface area contributed by atoms with Gasteiger partial charge < -0.3 is 14.8 Å². The van der Waals surface area contributed by atoms with E-state index >= 15 is 0 Å². The molecule has 0 aliphatic carbocycles. The van der Waals surface area contributed by atoms with Crippen LogP contribution in [0, 0.1) is 5.82 Å². The van der Waals surface area contributed by atoms with Crippen LogP contribution in [0.3, 0.4) is 0 Å². The number of carbonyl (C=O) groups is 2. The smallest absolute Gasteiger partial charge is 0.328 e. The second-order valence-corrected chi connectivity index (χ2v) is 6.36. The lowest BCUT2D eigenvalue weighted by Gasteiger charge is -2.14. The highest BCUT2D eigenvalue weighted by atomic mass is 35.5. The SMILES string of the molecule is CCN1C(=O)N/C(=C/c2cc(Cl)c(OCc3ccccc3F)c(OC)c2)C1=O. The topological polar surface area (TPSA) is 67.9 Å². The van der Waals surface area contributed by atoms with Crippen LogP contribution in [-0.4, -0.2) is 30.5 Å². The number of imide groups is 1. The van der Waals surface area contributed by atoms with Gasteiger partial charge in [0.2, 0.25) is 0 Å². The number of nitrogens with one attached hydrogen (secondary N) is 1. The van der Waals surface area contributed by atoms with E-state index < -0.39 is 11.9 Å². The zero-order valence-electron chi connectivity index (χ0n) is 15.3. The van der Waals surface area contributed by atoms with E-state index in [4.69, 9.17) is 21.1 Å². The Morgan fingerprint density at radius 1 is 1.25 bits per heavy atom. The van der Waals surface area contributed by atoms with Crippen molar-refractivity contribution in [2.45, 2.75) is 13.5 Å². The summed E-state index contributed by atoms with van der Waals surface area (Å²) in [5, 5.41) is 2.75. The Balaban J connectivity index is 1.86.